The zero-order valence-corrected chi connectivity index (χ0v) is 12.4. The Bertz CT molecular complexity index is 673. The second-order valence-corrected chi connectivity index (χ2v) is 5.22. The number of esters is 1. The van der Waals surface area contributed by atoms with Gasteiger partial charge in [-0.15, -0.1) is 0 Å². The number of hydrogen-bond donors (Lipinski definition) is 0. The van der Waals surface area contributed by atoms with Gasteiger partial charge in [0, 0.05) is 12.0 Å². The highest BCUT2D eigenvalue weighted by Crippen LogP contribution is 2.34. The van der Waals surface area contributed by atoms with E-state index in [0.29, 0.717) is 12.2 Å². The van der Waals surface area contributed by atoms with E-state index in [2.05, 4.69) is 6.92 Å². The van der Waals surface area contributed by atoms with Crippen molar-refractivity contribution in [2.45, 2.75) is 39.5 Å². The summed E-state index contributed by atoms with van der Waals surface area (Å²) in [6.07, 6.45) is 5.12. The van der Waals surface area contributed by atoms with E-state index in [4.69, 9.17) is 14.1 Å². The number of furan rings is 1. The fraction of sp³-hybridized carbons (Fsp3) is 0.412. The van der Waals surface area contributed by atoms with E-state index in [9.17, 15) is 4.79 Å². The molecule has 0 aliphatic heterocycles. The summed E-state index contributed by atoms with van der Waals surface area (Å²) in [4.78, 5) is 16.9. The number of ether oxygens (including phenoxy) is 1. The molecule has 2 aromatic rings. The van der Waals surface area contributed by atoms with Gasteiger partial charge in [0.1, 0.15) is 5.76 Å². The van der Waals surface area contributed by atoms with Gasteiger partial charge < -0.3 is 9.15 Å². The fourth-order valence-electron chi connectivity index (χ4n) is 2.82. The largest absolute Gasteiger partial charge is 0.469 e. The lowest BCUT2D eigenvalue weighted by molar-refractivity contribution is 0.0524. The Balaban J connectivity index is 2.10. The number of aromatic nitrogens is 1. The molecule has 0 saturated heterocycles. The Kier molecular flexibility index (Phi) is 3.78. The fourth-order valence-corrected chi connectivity index (χ4v) is 2.82. The quantitative estimate of drug-likeness (QED) is 0.806. The van der Waals surface area contributed by atoms with Gasteiger partial charge in [-0.25, -0.2) is 4.79 Å². The summed E-state index contributed by atoms with van der Waals surface area (Å²) in [7, 11) is 0. The first kappa shape index (κ1) is 13.9. The standard InChI is InChI=1S/C17H19NO3/c1-3-5-14-13(17(19)20-4-2)10-11-6-7-15-12(8-9-21-15)16(11)18-14/h8-10H,3-7H2,1-2H3. The highest BCUT2D eigenvalue weighted by Gasteiger charge is 2.24. The molecule has 0 bridgehead atoms. The summed E-state index contributed by atoms with van der Waals surface area (Å²) >= 11 is 0. The number of nitrogens with zero attached hydrogens (tertiary/aromatic N) is 1. The predicted molar refractivity (Wildman–Crippen MR) is 79.3 cm³/mol. The van der Waals surface area contributed by atoms with Gasteiger partial charge in [-0.2, -0.15) is 0 Å². The molecule has 0 N–H and O–H groups in total. The number of hydrogen-bond acceptors (Lipinski definition) is 4. The van der Waals surface area contributed by atoms with Crippen molar-refractivity contribution in [2.75, 3.05) is 6.61 Å². The highest BCUT2D eigenvalue weighted by atomic mass is 16.5. The van der Waals surface area contributed by atoms with E-state index in [1.165, 1.54) is 0 Å². The third kappa shape index (κ3) is 2.46. The molecule has 0 saturated carbocycles. The first-order valence-corrected chi connectivity index (χ1v) is 7.51. The topological polar surface area (TPSA) is 52.3 Å². The lowest BCUT2D eigenvalue weighted by Gasteiger charge is -2.18. The van der Waals surface area contributed by atoms with Crippen LogP contribution in [0.1, 0.15) is 47.6 Å². The van der Waals surface area contributed by atoms with Crippen molar-refractivity contribution in [3.63, 3.8) is 0 Å². The molecule has 0 fully saturated rings. The Hall–Kier alpha value is -2.10. The average Bonchev–Trinajstić information content (AvgIpc) is 2.96. The normalized spacial score (nSPS) is 12.7. The lowest BCUT2D eigenvalue weighted by Crippen LogP contribution is -2.14. The number of pyridine rings is 1. The van der Waals surface area contributed by atoms with E-state index in [-0.39, 0.29) is 5.97 Å². The smallest absolute Gasteiger partial charge is 0.339 e. The first-order chi connectivity index (χ1) is 10.2. The highest BCUT2D eigenvalue weighted by molar-refractivity contribution is 5.91. The van der Waals surface area contributed by atoms with Crippen molar-refractivity contribution < 1.29 is 13.9 Å². The molecule has 0 amide bonds. The van der Waals surface area contributed by atoms with E-state index >= 15 is 0 Å². The van der Waals surface area contributed by atoms with Gasteiger partial charge >= 0.3 is 5.97 Å². The number of rotatable bonds is 4. The summed E-state index contributed by atoms with van der Waals surface area (Å²) in [6, 6.07) is 3.92. The summed E-state index contributed by atoms with van der Waals surface area (Å²) in [5.74, 6) is 0.718. The SMILES string of the molecule is CCCc1nc2c(cc1C(=O)OCC)CCc1occc1-2. The van der Waals surface area contributed by atoms with Gasteiger partial charge in [-0.1, -0.05) is 13.3 Å². The Morgan fingerprint density at radius 2 is 2.24 bits per heavy atom. The number of carbonyl (C=O) groups is 1. The molecule has 0 unspecified atom stereocenters. The number of carbonyl (C=O) groups excluding carboxylic acids is 1. The third-order valence-electron chi connectivity index (χ3n) is 3.78. The van der Waals surface area contributed by atoms with Crippen LogP contribution < -0.4 is 0 Å². The second-order valence-electron chi connectivity index (χ2n) is 5.22. The van der Waals surface area contributed by atoms with Crippen LogP contribution in [0.3, 0.4) is 0 Å². The van der Waals surface area contributed by atoms with E-state index in [1.807, 2.05) is 19.1 Å². The van der Waals surface area contributed by atoms with Crippen molar-refractivity contribution in [1.82, 2.24) is 4.98 Å². The maximum absolute atomic E-state index is 12.1. The molecule has 0 aromatic carbocycles. The summed E-state index contributed by atoms with van der Waals surface area (Å²) in [5, 5.41) is 0. The average molecular weight is 285 g/mol. The Morgan fingerprint density at radius 3 is 3.00 bits per heavy atom. The number of fused-ring (bicyclic) bond motifs is 3. The van der Waals surface area contributed by atoms with Crippen LogP contribution in [0.4, 0.5) is 0 Å². The molecule has 21 heavy (non-hydrogen) atoms. The molecular weight excluding hydrogens is 266 g/mol. The zero-order chi connectivity index (χ0) is 14.8. The van der Waals surface area contributed by atoms with Crippen molar-refractivity contribution in [2.24, 2.45) is 0 Å². The molecule has 0 radical (unpaired) electrons. The minimum absolute atomic E-state index is 0.269. The predicted octanol–water partition coefficient (Wildman–Crippen LogP) is 3.57. The van der Waals surface area contributed by atoms with Crippen molar-refractivity contribution in [3.05, 3.63) is 41.0 Å². The third-order valence-corrected chi connectivity index (χ3v) is 3.78. The van der Waals surface area contributed by atoms with Crippen LogP contribution in [0.15, 0.2) is 22.8 Å². The van der Waals surface area contributed by atoms with Crippen LogP contribution in [0.2, 0.25) is 0 Å². The van der Waals surface area contributed by atoms with Crippen LogP contribution in [0, 0.1) is 0 Å². The van der Waals surface area contributed by atoms with Crippen molar-refractivity contribution >= 4 is 5.97 Å². The van der Waals surface area contributed by atoms with Gasteiger partial charge in [-0.05, 0) is 37.5 Å². The van der Waals surface area contributed by atoms with Crippen LogP contribution in [-0.2, 0) is 24.0 Å². The van der Waals surface area contributed by atoms with E-state index in [1.54, 1.807) is 6.26 Å². The van der Waals surface area contributed by atoms with Gasteiger partial charge in [0.2, 0.25) is 0 Å². The second kappa shape index (κ2) is 5.72. The Morgan fingerprint density at radius 1 is 1.38 bits per heavy atom. The molecule has 1 aliphatic rings. The van der Waals surface area contributed by atoms with Gasteiger partial charge in [-0.3, -0.25) is 4.98 Å². The van der Waals surface area contributed by atoms with Crippen LogP contribution in [0.5, 0.6) is 0 Å². The lowest BCUT2D eigenvalue weighted by atomic mass is 9.92. The van der Waals surface area contributed by atoms with Crippen LogP contribution >= 0.6 is 0 Å². The zero-order valence-electron chi connectivity index (χ0n) is 12.4. The van der Waals surface area contributed by atoms with Crippen molar-refractivity contribution in [3.8, 4) is 11.3 Å². The van der Waals surface area contributed by atoms with Crippen LogP contribution in [-0.4, -0.2) is 17.6 Å². The van der Waals surface area contributed by atoms with E-state index < -0.39 is 0 Å². The molecule has 2 aromatic heterocycles. The maximum Gasteiger partial charge on any atom is 0.339 e. The molecule has 0 spiro atoms. The molecule has 110 valence electrons. The Labute approximate surface area is 124 Å². The van der Waals surface area contributed by atoms with Crippen LogP contribution in [0.25, 0.3) is 11.3 Å². The molecular formula is C17H19NO3. The molecule has 4 nitrogen and oxygen atoms in total. The minimum Gasteiger partial charge on any atom is -0.469 e. The molecule has 1 aliphatic carbocycles. The summed E-state index contributed by atoms with van der Waals surface area (Å²) in [5.41, 5.74) is 4.56. The van der Waals surface area contributed by atoms with Crippen molar-refractivity contribution in [1.29, 1.82) is 0 Å². The molecule has 0 atom stereocenters. The monoisotopic (exact) mass is 285 g/mol. The molecule has 3 rings (SSSR count). The molecule has 2 heterocycles. The minimum atomic E-state index is -0.269. The van der Waals surface area contributed by atoms with Gasteiger partial charge in [0.05, 0.1) is 29.8 Å². The maximum atomic E-state index is 12.1. The first-order valence-electron chi connectivity index (χ1n) is 7.51. The summed E-state index contributed by atoms with van der Waals surface area (Å²) < 4.78 is 10.7. The number of aryl methyl sites for hydroxylation is 3. The van der Waals surface area contributed by atoms with Gasteiger partial charge in [0.25, 0.3) is 0 Å². The van der Waals surface area contributed by atoms with E-state index in [0.717, 1.165) is 54.0 Å². The van der Waals surface area contributed by atoms with Gasteiger partial charge in [0.15, 0.2) is 0 Å². The molecule has 4 heteroatoms. The summed E-state index contributed by atoms with van der Waals surface area (Å²) in [6.45, 7) is 4.29.